The summed E-state index contributed by atoms with van der Waals surface area (Å²) < 4.78 is 5.45. The number of aliphatic hydroxyl groups excluding tert-OH is 1. The lowest BCUT2D eigenvalue weighted by Crippen LogP contribution is -2.61. The quantitative estimate of drug-likeness (QED) is 0.797. The number of β-amino-alcohol motifs (C(OH)–C–C–N with tert-alkyl or cyclic N) is 1. The summed E-state index contributed by atoms with van der Waals surface area (Å²) in [5.74, 6) is 0. The number of carbonyl (C=O) groups is 1. The number of ether oxygens (including phenoxy) is 1. The third-order valence-electron chi connectivity index (χ3n) is 4.96. The van der Waals surface area contributed by atoms with Gasteiger partial charge in [0.25, 0.3) is 0 Å². The van der Waals surface area contributed by atoms with Crippen molar-refractivity contribution in [1.29, 1.82) is 0 Å². The Kier molecular flexibility index (Phi) is 4.76. The number of hydrogen-bond acceptors (Lipinski definition) is 5. The van der Waals surface area contributed by atoms with Crippen LogP contribution in [0.4, 0.5) is 4.79 Å². The molecule has 0 aromatic heterocycles. The summed E-state index contributed by atoms with van der Waals surface area (Å²) in [4.78, 5) is 16.0. The van der Waals surface area contributed by atoms with Crippen molar-refractivity contribution >= 4 is 6.09 Å². The van der Waals surface area contributed by atoms with Gasteiger partial charge in [0, 0.05) is 31.6 Å². The van der Waals surface area contributed by atoms with Crippen LogP contribution in [-0.2, 0) is 4.74 Å². The van der Waals surface area contributed by atoms with Gasteiger partial charge >= 0.3 is 6.09 Å². The molecule has 0 saturated carbocycles. The smallest absolute Gasteiger partial charge is 0.410 e. The molecule has 0 radical (unpaired) electrons. The fourth-order valence-corrected chi connectivity index (χ4v) is 3.68. The molecule has 2 unspecified atom stereocenters. The Labute approximate surface area is 133 Å². The van der Waals surface area contributed by atoms with Crippen LogP contribution in [0, 0.1) is 5.41 Å². The molecule has 2 atom stereocenters. The van der Waals surface area contributed by atoms with Gasteiger partial charge in [0.1, 0.15) is 5.60 Å². The maximum atomic E-state index is 12.3. The van der Waals surface area contributed by atoms with Crippen LogP contribution in [0.5, 0.6) is 0 Å². The largest absolute Gasteiger partial charge is 0.444 e. The van der Waals surface area contributed by atoms with Crippen molar-refractivity contribution in [2.45, 2.75) is 51.2 Å². The highest BCUT2D eigenvalue weighted by molar-refractivity contribution is 5.68. The zero-order valence-electron chi connectivity index (χ0n) is 14.3. The molecular weight excluding hydrogens is 284 g/mol. The lowest BCUT2D eigenvalue weighted by Gasteiger charge is -2.49. The second kappa shape index (κ2) is 5.98. The van der Waals surface area contributed by atoms with Gasteiger partial charge in [0.05, 0.1) is 12.2 Å². The van der Waals surface area contributed by atoms with Crippen LogP contribution < -0.4 is 0 Å². The SMILES string of the molecule is CN1CCC(O)(C2(CO)CCCN(C(=O)OC(C)(C)C)C2)C1. The first-order valence-electron chi connectivity index (χ1n) is 8.11. The summed E-state index contributed by atoms with van der Waals surface area (Å²) in [6.45, 7) is 7.72. The van der Waals surface area contributed by atoms with E-state index >= 15 is 0 Å². The Morgan fingerprint density at radius 3 is 2.41 bits per heavy atom. The number of likely N-dealkylation sites (tertiary alicyclic amines) is 2. The lowest BCUT2D eigenvalue weighted by atomic mass is 9.67. The maximum absolute atomic E-state index is 12.3. The minimum absolute atomic E-state index is 0.114. The molecule has 2 heterocycles. The monoisotopic (exact) mass is 314 g/mol. The Morgan fingerprint density at radius 2 is 1.91 bits per heavy atom. The molecule has 2 saturated heterocycles. The van der Waals surface area contributed by atoms with Gasteiger partial charge in [-0.25, -0.2) is 4.79 Å². The van der Waals surface area contributed by atoms with Gasteiger partial charge in [-0.05, 0) is 47.1 Å². The second-order valence-corrected chi connectivity index (χ2v) is 7.96. The molecule has 128 valence electrons. The first-order valence-corrected chi connectivity index (χ1v) is 8.11. The van der Waals surface area contributed by atoms with Gasteiger partial charge in [-0.2, -0.15) is 0 Å². The second-order valence-electron chi connectivity index (χ2n) is 7.96. The fraction of sp³-hybridized carbons (Fsp3) is 0.938. The predicted octanol–water partition coefficient (Wildman–Crippen LogP) is 1.06. The summed E-state index contributed by atoms with van der Waals surface area (Å²) >= 11 is 0. The molecule has 22 heavy (non-hydrogen) atoms. The van der Waals surface area contributed by atoms with Crippen LogP contribution >= 0.6 is 0 Å². The highest BCUT2D eigenvalue weighted by Gasteiger charge is 2.55. The summed E-state index contributed by atoms with van der Waals surface area (Å²) in [6.07, 6.45) is 1.77. The van der Waals surface area contributed by atoms with Crippen LogP contribution in [-0.4, -0.2) is 77.1 Å². The van der Waals surface area contributed by atoms with E-state index in [1.165, 1.54) is 0 Å². The van der Waals surface area contributed by atoms with Gasteiger partial charge in [-0.1, -0.05) is 0 Å². The van der Waals surface area contributed by atoms with Crippen LogP contribution in [0.2, 0.25) is 0 Å². The number of hydrogen-bond donors (Lipinski definition) is 2. The van der Waals surface area contributed by atoms with E-state index in [-0.39, 0.29) is 12.7 Å². The predicted molar refractivity (Wildman–Crippen MR) is 83.6 cm³/mol. The van der Waals surface area contributed by atoms with Crippen LogP contribution in [0.15, 0.2) is 0 Å². The highest BCUT2D eigenvalue weighted by Crippen LogP contribution is 2.44. The van der Waals surface area contributed by atoms with Crippen molar-refractivity contribution in [3.05, 3.63) is 0 Å². The first-order chi connectivity index (χ1) is 10.1. The molecule has 6 heteroatoms. The van der Waals surface area contributed by atoms with Gasteiger partial charge in [0.15, 0.2) is 0 Å². The van der Waals surface area contributed by atoms with Crippen LogP contribution in [0.25, 0.3) is 0 Å². The summed E-state index contributed by atoms with van der Waals surface area (Å²) in [7, 11) is 1.97. The maximum Gasteiger partial charge on any atom is 0.410 e. The molecule has 1 amide bonds. The van der Waals surface area contributed by atoms with Crippen LogP contribution in [0.3, 0.4) is 0 Å². The number of carbonyl (C=O) groups excluding carboxylic acids is 1. The van der Waals surface area contributed by atoms with E-state index in [9.17, 15) is 15.0 Å². The highest BCUT2D eigenvalue weighted by atomic mass is 16.6. The number of aliphatic hydroxyl groups is 2. The van der Waals surface area contributed by atoms with Crippen molar-refractivity contribution in [3.63, 3.8) is 0 Å². The minimum Gasteiger partial charge on any atom is -0.444 e. The average Bonchev–Trinajstić information content (AvgIpc) is 2.78. The van der Waals surface area contributed by atoms with Gasteiger partial charge in [0.2, 0.25) is 0 Å². The molecule has 0 aliphatic carbocycles. The number of amides is 1. The van der Waals surface area contributed by atoms with E-state index in [0.29, 0.717) is 26.1 Å². The molecule has 2 aliphatic heterocycles. The molecule has 0 bridgehead atoms. The topological polar surface area (TPSA) is 73.2 Å². The number of piperidine rings is 1. The molecular formula is C16H30N2O4. The van der Waals surface area contributed by atoms with Crippen molar-refractivity contribution in [2.75, 3.05) is 39.8 Å². The van der Waals surface area contributed by atoms with Crippen molar-refractivity contribution < 1.29 is 19.7 Å². The summed E-state index contributed by atoms with van der Waals surface area (Å²) in [5, 5.41) is 21.1. The van der Waals surface area contributed by atoms with E-state index in [1.807, 2.05) is 27.8 Å². The van der Waals surface area contributed by atoms with E-state index in [4.69, 9.17) is 4.74 Å². The van der Waals surface area contributed by atoms with Crippen molar-refractivity contribution in [1.82, 2.24) is 9.80 Å². The molecule has 0 aromatic rings. The molecule has 0 spiro atoms. The van der Waals surface area contributed by atoms with Gasteiger partial charge in [-0.15, -0.1) is 0 Å². The van der Waals surface area contributed by atoms with Gasteiger partial charge < -0.3 is 24.7 Å². The Balaban J connectivity index is 2.15. The van der Waals surface area contributed by atoms with Crippen molar-refractivity contribution in [3.8, 4) is 0 Å². The van der Waals surface area contributed by atoms with Crippen molar-refractivity contribution in [2.24, 2.45) is 5.41 Å². The molecule has 2 N–H and O–H groups in total. The van der Waals surface area contributed by atoms with Gasteiger partial charge in [-0.3, -0.25) is 0 Å². The third kappa shape index (κ3) is 3.39. The molecule has 2 fully saturated rings. The zero-order valence-corrected chi connectivity index (χ0v) is 14.3. The first kappa shape index (κ1) is 17.5. The number of rotatable bonds is 2. The zero-order chi connectivity index (χ0) is 16.6. The van der Waals surface area contributed by atoms with E-state index < -0.39 is 16.6 Å². The minimum atomic E-state index is -0.947. The van der Waals surface area contributed by atoms with E-state index in [1.54, 1.807) is 4.90 Å². The normalized spacial score (nSPS) is 34.0. The molecule has 6 nitrogen and oxygen atoms in total. The molecule has 2 rings (SSSR count). The summed E-state index contributed by atoms with van der Waals surface area (Å²) in [5.41, 5.74) is -2.15. The Morgan fingerprint density at radius 1 is 1.23 bits per heavy atom. The Hall–Kier alpha value is -0.850. The standard InChI is InChI=1S/C16H30N2O4/c1-14(2,3)22-13(20)18-8-5-6-15(10-18,12-19)16(21)7-9-17(4)11-16/h19,21H,5-12H2,1-4H3. The summed E-state index contributed by atoms with van der Waals surface area (Å²) in [6, 6.07) is 0. The number of likely N-dealkylation sites (N-methyl/N-ethyl adjacent to an activating group) is 1. The molecule has 0 aromatic carbocycles. The van der Waals surface area contributed by atoms with E-state index in [2.05, 4.69) is 4.90 Å². The van der Waals surface area contributed by atoms with E-state index in [0.717, 1.165) is 19.4 Å². The van der Waals surface area contributed by atoms with Crippen LogP contribution in [0.1, 0.15) is 40.0 Å². The third-order valence-corrected chi connectivity index (χ3v) is 4.96. The average molecular weight is 314 g/mol. The lowest BCUT2D eigenvalue weighted by molar-refractivity contribution is -0.130. The fourth-order valence-electron chi connectivity index (χ4n) is 3.68. The number of nitrogens with zero attached hydrogens (tertiary/aromatic N) is 2. The molecule has 2 aliphatic rings. The Bertz CT molecular complexity index is 423.